The van der Waals surface area contributed by atoms with Crippen LogP contribution < -0.4 is 16.4 Å². The van der Waals surface area contributed by atoms with Crippen molar-refractivity contribution in [2.75, 3.05) is 5.32 Å². The van der Waals surface area contributed by atoms with E-state index in [2.05, 4.69) is 25.6 Å². The van der Waals surface area contributed by atoms with Gasteiger partial charge in [-0.25, -0.2) is 13.8 Å². The Morgan fingerprint density at radius 3 is 2.68 bits per heavy atom. The highest BCUT2D eigenvalue weighted by atomic mass is 19.2. The summed E-state index contributed by atoms with van der Waals surface area (Å²) in [5, 5.41) is 5.95. The van der Waals surface area contributed by atoms with E-state index in [-0.39, 0.29) is 17.4 Å². The van der Waals surface area contributed by atoms with Gasteiger partial charge in [-0.2, -0.15) is 0 Å². The summed E-state index contributed by atoms with van der Waals surface area (Å²) in [5.74, 6) is -2.21. The lowest BCUT2D eigenvalue weighted by Gasteiger charge is -2.23. The van der Waals surface area contributed by atoms with Crippen LogP contribution in [0.15, 0.2) is 67.1 Å². The molecule has 41 heavy (non-hydrogen) atoms. The van der Waals surface area contributed by atoms with Gasteiger partial charge in [0.05, 0.1) is 22.7 Å². The third-order valence-corrected chi connectivity index (χ3v) is 8.72. The van der Waals surface area contributed by atoms with E-state index in [4.69, 9.17) is 5.73 Å². The first kappa shape index (κ1) is 25.4. The molecular formula is C31H26F2N6O2. The molecule has 2 aliphatic carbocycles. The molecule has 206 valence electrons. The van der Waals surface area contributed by atoms with E-state index in [1.807, 2.05) is 18.2 Å². The minimum atomic E-state index is -0.920. The average Bonchev–Trinajstić information content (AvgIpc) is 3.46. The molecule has 0 saturated carbocycles. The van der Waals surface area contributed by atoms with Crippen LogP contribution >= 0.6 is 0 Å². The fourth-order valence-corrected chi connectivity index (χ4v) is 6.66. The van der Waals surface area contributed by atoms with Gasteiger partial charge >= 0.3 is 0 Å². The number of aromatic nitrogens is 3. The number of fused-ring (bicyclic) bond motifs is 4. The number of carbonyl (C=O) groups is 2. The number of nitrogens with two attached hydrogens (primary N) is 1. The molecule has 8 nitrogen and oxygen atoms in total. The van der Waals surface area contributed by atoms with Crippen LogP contribution in [0.25, 0.3) is 0 Å². The monoisotopic (exact) mass is 552 g/mol. The first-order valence-corrected chi connectivity index (χ1v) is 13.6. The second kappa shape index (κ2) is 9.52. The van der Waals surface area contributed by atoms with E-state index in [0.717, 1.165) is 22.9 Å². The number of hydrogen-bond acceptors (Lipinski definition) is 6. The van der Waals surface area contributed by atoms with Crippen LogP contribution in [0.2, 0.25) is 0 Å². The number of anilines is 1. The van der Waals surface area contributed by atoms with Gasteiger partial charge in [0.2, 0.25) is 5.91 Å². The minimum Gasteiger partial charge on any atom is -0.344 e. The highest BCUT2D eigenvalue weighted by Gasteiger charge is 2.51. The number of amides is 2. The quantitative estimate of drug-likeness (QED) is 0.328. The lowest BCUT2D eigenvalue weighted by molar-refractivity contribution is -0.120. The number of hydrogen-bond donors (Lipinski definition) is 3. The van der Waals surface area contributed by atoms with Gasteiger partial charge in [-0.1, -0.05) is 24.3 Å². The van der Waals surface area contributed by atoms with Crippen molar-refractivity contribution in [2.45, 2.75) is 49.1 Å². The van der Waals surface area contributed by atoms with Crippen molar-refractivity contribution < 1.29 is 18.4 Å². The molecule has 1 aromatic carbocycles. The topological polar surface area (TPSA) is 123 Å². The van der Waals surface area contributed by atoms with Crippen LogP contribution in [0.4, 0.5) is 14.6 Å². The zero-order valence-corrected chi connectivity index (χ0v) is 21.9. The zero-order chi connectivity index (χ0) is 28.3. The molecule has 0 saturated heterocycles. The Morgan fingerprint density at radius 2 is 1.80 bits per heavy atom. The molecule has 10 heteroatoms. The van der Waals surface area contributed by atoms with E-state index in [1.54, 1.807) is 30.6 Å². The van der Waals surface area contributed by atoms with Crippen molar-refractivity contribution in [3.05, 3.63) is 118 Å². The lowest BCUT2D eigenvalue weighted by Crippen LogP contribution is -2.35. The summed E-state index contributed by atoms with van der Waals surface area (Å²) in [6.45, 7) is 0. The SMILES string of the molecule is N[C@H]1c2cccnc2[C@@H](NC(=O)c2cnc3c(c2)CC2(C3)C(=O)Nc3ncccc32)CC[C@H]1c1cccc(F)c1F. The molecule has 0 bridgehead atoms. The Labute approximate surface area is 234 Å². The van der Waals surface area contributed by atoms with Crippen LogP contribution in [0.5, 0.6) is 0 Å². The fraction of sp³-hybridized carbons (Fsp3) is 0.258. The van der Waals surface area contributed by atoms with Gasteiger partial charge < -0.3 is 16.4 Å². The predicted molar refractivity (Wildman–Crippen MR) is 146 cm³/mol. The second-order valence-electron chi connectivity index (χ2n) is 11.0. The highest BCUT2D eigenvalue weighted by molar-refractivity contribution is 6.06. The molecule has 4 atom stereocenters. The zero-order valence-electron chi connectivity index (χ0n) is 21.9. The predicted octanol–water partition coefficient (Wildman–Crippen LogP) is 4.19. The molecule has 3 aromatic heterocycles. The molecule has 1 unspecified atom stereocenters. The van der Waals surface area contributed by atoms with Crippen molar-refractivity contribution in [3.63, 3.8) is 0 Å². The molecule has 1 spiro atoms. The summed E-state index contributed by atoms with van der Waals surface area (Å²) in [7, 11) is 0. The van der Waals surface area contributed by atoms with Crippen LogP contribution in [0, 0.1) is 11.6 Å². The molecule has 3 aliphatic rings. The molecule has 0 radical (unpaired) electrons. The Bertz CT molecular complexity index is 1730. The molecule has 1 aliphatic heterocycles. The van der Waals surface area contributed by atoms with Crippen LogP contribution in [0.1, 0.15) is 74.8 Å². The number of rotatable bonds is 3. The maximum absolute atomic E-state index is 14.8. The van der Waals surface area contributed by atoms with Crippen LogP contribution in [-0.4, -0.2) is 26.8 Å². The smallest absolute Gasteiger partial charge is 0.253 e. The fourth-order valence-electron chi connectivity index (χ4n) is 6.66. The number of halogens is 2. The van der Waals surface area contributed by atoms with E-state index in [1.165, 1.54) is 12.3 Å². The first-order valence-electron chi connectivity index (χ1n) is 13.6. The van der Waals surface area contributed by atoms with Crippen molar-refractivity contribution in [3.8, 4) is 0 Å². The van der Waals surface area contributed by atoms with Gasteiger partial charge in [0.15, 0.2) is 11.6 Å². The summed E-state index contributed by atoms with van der Waals surface area (Å²) in [5.41, 5.74) is 10.2. The van der Waals surface area contributed by atoms with E-state index >= 15 is 0 Å². The van der Waals surface area contributed by atoms with E-state index in [9.17, 15) is 18.4 Å². The average molecular weight is 553 g/mol. The molecular weight excluding hydrogens is 526 g/mol. The van der Waals surface area contributed by atoms with Crippen molar-refractivity contribution in [2.24, 2.45) is 5.73 Å². The van der Waals surface area contributed by atoms with Gasteiger partial charge in [-0.15, -0.1) is 0 Å². The summed E-state index contributed by atoms with van der Waals surface area (Å²) in [6.07, 6.45) is 6.49. The number of nitrogens with zero attached hydrogens (tertiary/aromatic N) is 3. The number of nitrogens with one attached hydrogen (secondary N) is 2. The highest BCUT2D eigenvalue weighted by Crippen LogP contribution is 2.46. The third-order valence-electron chi connectivity index (χ3n) is 8.72. The molecule has 2 amide bonds. The maximum atomic E-state index is 14.8. The van der Waals surface area contributed by atoms with Gasteiger partial charge in [-0.3, -0.25) is 19.6 Å². The normalized spacial score (nSPS) is 24.3. The van der Waals surface area contributed by atoms with Crippen LogP contribution in [-0.2, 0) is 23.1 Å². The number of pyridine rings is 3. The Hall–Kier alpha value is -4.57. The van der Waals surface area contributed by atoms with Crippen molar-refractivity contribution in [1.29, 1.82) is 0 Å². The number of carbonyl (C=O) groups excluding carboxylic acids is 2. The summed E-state index contributed by atoms with van der Waals surface area (Å²) < 4.78 is 28.8. The summed E-state index contributed by atoms with van der Waals surface area (Å²) in [6, 6.07) is 12.1. The standard InChI is InChI=1S/C31H26F2N6O2/c32-22-7-1-4-18(25(22)33)19-8-9-23(27-20(26(19)34)5-2-10-35-27)38-29(40)17-12-16-13-31(14-24(16)37-15-17)21-6-3-11-36-28(21)39-30(31)41/h1-7,10-12,15,19,23,26H,8-9,13-14,34H2,(H,38,40)(H,36,39,41)/t19-,23-,26+,31?/m0/s1. The van der Waals surface area contributed by atoms with Crippen molar-refractivity contribution in [1.82, 2.24) is 20.3 Å². The molecule has 4 aromatic rings. The minimum absolute atomic E-state index is 0.114. The summed E-state index contributed by atoms with van der Waals surface area (Å²) >= 11 is 0. The van der Waals surface area contributed by atoms with E-state index < -0.39 is 35.1 Å². The Kier molecular flexibility index (Phi) is 5.90. The van der Waals surface area contributed by atoms with Gasteiger partial charge in [0.25, 0.3) is 5.91 Å². The van der Waals surface area contributed by atoms with E-state index in [0.29, 0.717) is 48.3 Å². The maximum Gasteiger partial charge on any atom is 0.253 e. The molecule has 4 heterocycles. The van der Waals surface area contributed by atoms with Gasteiger partial charge in [0, 0.05) is 48.2 Å². The van der Waals surface area contributed by atoms with Gasteiger partial charge in [0.1, 0.15) is 5.82 Å². The Balaban J connectivity index is 1.15. The first-order chi connectivity index (χ1) is 19.9. The van der Waals surface area contributed by atoms with Gasteiger partial charge in [-0.05, 0) is 60.2 Å². The second-order valence-corrected chi connectivity index (χ2v) is 11.0. The Morgan fingerprint density at radius 1 is 1.00 bits per heavy atom. The molecule has 0 fully saturated rings. The molecule has 7 rings (SSSR count). The number of benzene rings is 1. The largest absolute Gasteiger partial charge is 0.344 e. The lowest BCUT2D eigenvalue weighted by atomic mass is 9.80. The van der Waals surface area contributed by atoms with Crippen molar-refractivity contribution >= 4 is 17.6 Å². The van der Waals surface area contributed by atoms with Crippen LogP contribution in [0.3, 0.4) is 0 Å². The summed E-state index contributed by atoms with van der Waals surface area (Å²) in [4.78, 5) is 40.0. The third kappa shape index (κ3) is 4.01. The molecule has 4 N–H and O–H groups in total.